The number of aromatic nitrogens is 2. The predicted molar refractivity (Wildman–Crippen MR) is 140 cm³/mol. The minimum Gasteiger partial charge on any atom is -0.477 e. The molecule has 0 saturated heterocycles. The highest BCUT2D eigenvalue weighted by Gasteiger charge is 2.25. The zero-order valence-corrected chi connectivity index (χ0v) is 21.8. The van der Waals surface area contributed by atoms with Crippen molar-refractivity contribution in [1.29, 1.82) is 5.41 Å². The maximum absolute atomic E-state index is 15.2. The molecule has 0 aliphatic carbocycles. The van der Waals surface area contributed by atoms with Gasteiger partial charge in [-0.25, -0.2) is 4.39 Å². The second-order valence-electron chi connectivity index (χ2n) is 10.7. The largest absolute Gasteiger partial charge is 0.477 e. The van der Waals surface area contributed by atoms with Crippen molar-refractivity contribution in [3.63, 3.8) is 0 Å². The van der Waals surface area contributed by atoms with Gasteiger partial charge in [0.15, 0.2) is 5.90 Å². The molecule has 35 heavy (non-hydrogen) atoms. The molecule has 8 heteroatoms. The lowest BCUT2D eigenvalue weighted by Gasteiger charge is -2.30. The van der Waals surface area contributed by atoms with Crippen LogP contribution in [0.5, 0.6) is 0 Å². The van der Waals surface area contributed by atoms with E-state index in [1.807, 2.05) is 46.8 Å². The fourth-order valence-corrected chi connectivity index (χ4v) is 3.43. The number of rotatable bonds is 7. The Kier molecular flexibility index (Phi) is 7.55. The van der Waals surface area contributed by atoms with Gasteiger partial charge >= 0.3 is 7.48 Å². The Morgan fingerprint density at radius 2 is 1.89 bits per heavy atom. The van der Waals surface area contributed by atoms with Gasteiger partial charge in [0, 0.05) is 23.5 Å². The third kappa shape index (κ3) is 5.81. The topological polar surface area (TPSA) is 77.2 Å². The molecule has 3 rings (SSSR count). The van der Waals surface area contributed by atoms with E-state index in [-0.39, 0.29) is 29.2 Å². The second kappa shape index (κ2) is 9.94. The quantitative estimate of drug-likeness (QED) is 0.294. The van der Waals surface area contributed by atoms with Crippen LogP contribution in [0.1, 0.15) is 66.5 Å². The van der Waals surface area contributed by atoms with Gasteiger partial charge in [0.1, 0.15) is 12.4 Å². The van der Waals surface area contributed by atoms with Crippen molar-refractivity contribution in [1.82, 2.24) is 9.78 Å². The maximum Gasteiger partial charge on any atom is 0.331 e. The molecule has 2 aromatic carbocycles. The summed E-state index contributed by atoms with van der Waals surface area (Å²) in [5.74, 6) is -0.281. The Balaban J connectivity index is 2.16. The molecule has 3 aromatic rings. The predicted octanol–water partition coefficient (Wildman–Crippen LogP) is 5.03. The van der Waals surface area contributed by atoms with Gasteiger partial charge in [0.25, 0.3) is 5.56 Å². The van der Waals surface area contributed by atoms with Crippen LogP contribution in [0.2, 0.25) is 0 Å². The molecule has 0 aliphatic rings. The monoisotopic (exact) mass is 478 g/mol. The van der Waals surface area contributed by atoms with Crippen LogP contribution in [0.25, 0.3) is 16.5 Å². The number of benzene rings is 2. The Morgan fingerprint density at radius 3 is 2.49 bits per heavy atom. The van der Waals surface area contributed by atoms with Crippen LogP contribution in [-0.4, -0.2) is 28.8 Å². The minimum atomic E-state index is -0.577. The van der Waals surface area contributed by atoms with Gasteiger partial charge in [-0.2, -0.15) is 9.78 Å². The molecule has 0 spiro atoms. The first-order valence-electron chi connectivity index (χ1n) is 11.8. The highest BCUT2D eigenvalue weighted by atomic mass is 19.1. The second-order valence-corrected chi connectivity index (χ2v) is 10.7. The van der Waals surface area contributed by atoms with Gasteiger partial charge in [-0.05, 0) is 54.4 Å². The van der Waals surface area contributed by atoms with Crippen molar-refractivity contribution in [3.8, 4) is 5.69 Å². The van der Waals surface area contributed by atoms with E-state index in [0.29, 0.717) is 22.1 Å². The number of fused-ring (bicyclic) bond motifs is 1. The highest BCUT2D eigenvalue weighted by Crippen LogP contribution is 2.27. The maximum atomic E-state index is 15.2. The van der Waals surface area contributed by atoms with Crippen molar-refractivity contribution >= 4 is 29.6 Å². The molecule has 1 N–H and O–H groups in total. The summed E-state index contributed by atoms with van der Waals surface area (Å²) in [5.41, 5.74) is 1.28. The number of nitrogens with one attached hydrogen (secondary N) is 1. The van der Waals surface area contributed by atoms with Crippen LogP contribution in [0, 0.1) is 17.1 Å². The van der Waals surface area contributed by atoms with E-state index in [0.717, 1.165) is 5.56 Å². The molecule has 0 atom stereocenters. The number of halogens is 1. The smallest absolute Gasteiger partial charge is 0.331 e. The fraction of sp³-hybridized carbons (Fsp3) is 0.444. The van der Waals surface area contributed by atoms with E-state index in [1.165, 1.54) is 23.9 Å². The van der Waals surface area contributed by atoms with E-state index in [9.17, 15) is 4.79 Å². The summed E-state index contributed by atoms with van der Waals surface area (Å²) in [6, 6.07) is 8.59. The van der Waals surface area contributed by atoms with E-state index in [1.54, 1.807) is 19.6 Å². The van der Waals surface area contributed by atoms with Crippen molar-refractivity contribution < 1.29 is 13.8 Å². The number of hydrogen-bond donors (Lipinski definition) is 1. The average molecular weight is 478 g/mol. The summed E-state index contributed by atoms with van der Waals surface area (Å²) in [4.78, 5) is 13.5. The van der Waals surface area contributed by atoms with E-state index >= 15 is 4.39 Å². The lowest BCUT2D eigenvalue weighted by atomic mass is 9.81. The van der Waals surface area contributed by atoms with Crippen molar-refractivity contribution in [2.75, 3.05) is 0 Å². The molecule has 0 bridgehead atoms. The summed E-state index contributed by atoms with van der Waals surface area (Å²) >= 11 is 0. The molecule has 0 amide bonds. The normalized spacial score (nSPS) is 12.3. The Hall–Kier alpha value is -3.00. The van der Waals surface area contributed by atoms with Gasteiger partial charge in [0.2, 0.25) is 0 Å². The van der Waals surface area contributed by atoms with Crippen molar-refractivity contribution in [2.24, 2.45) is 5.92 Å². The summed E-state index contributed by atoms with van der Waals surface area (Å²) in [6.45, 7) is 15.7. The molecular weight excluding hydrogens is 444 g/mol. The summed E-state index contributed by atoms with van der Waals surface area (Å²) in [7, 11) is 1.64. The molecule has 185 valence electrons. The average Bonchev–Trinajstić information content (AvgIpc) is 2.75. The molecule has 0 unspecified atom stereocenters. The third-order valence-electron chi connectivity index (χ3n) is 6.43. The fourth-order valence-electron chi connectivity index (χ4n) is 3.43. The van der Waals surface area contributed by atoms with Crippen molar-refractivity contribution in [3.05, 3.63) is 63.8 Å². The van der Waals surface area contributed by atoms with Crippen LogP contribution >= 0.6 is 0 Å². The first-order valence-corrected chi connectivity index (χ1v) is 11.8. The van der Waals surface area contributed by atoms with Gasteiger partial charge in [-0.1, -0.05) is 46.8 Å². The van der Waals surface area contributed by atoms with Gasteiger partial charge < -0.3 is 9.39 Å². The third-order valence-corrected chi connectivity index (χ3v) is 6.43. The summed E-state index contributed by atoms with van der Waals surface area (Å²) < 4.78 is 27.9. The first kappa shape index (κ1) is 26.6. The van der Waals surface area contributed by atoms with E-state index in [4.69, 9.17) is 14.8 Å². The van der Waals surface area contributed by atoms with Crippen LogP contribution in [0.4, 0.5) is 4.39 Å². The summed E-state index contributed by atoms with van der Waals surface area (Å²) in [5, 5.41) is 12.5. The lowest BCUT2D eigenvalue weighted by molar-refractivity contribution is 0.0667. The van der Waals surface area contributed by atoms with E-state index < -0.39 is 17.0 Å². The van der Waals surface area contributed by atoms with Crippen LogP contribution in [-0.2, 0) is 21.4 Å². The van der Waals surface area contributed by atoms with Gasteiger partial charge in [-0.3, -0.25) is 10.2 Å². The zero-order chi connectivity index (χ0) is 26.1. The molecule has 0 saturated carbocycles. The molecule has 1 radical (unpaired) electrons. The summed E-state index contributed by atoms with van der Waals surface area (Å²) in [6.07, 6.45) is 1.51. The number of hydrogen-bond acceptors (Lipinski definition) is 5. The van der Waals surface area contributed by atoms with Crippen LogP contribution < -0.4 is 11.0 Å². The molecule has 6 nitrogen and oxygen atoms in total. The first-order chi connectivity index (χ1) is 16.2. The molecular formula is C27H34BFN3O3. The molecule has 1 aromatic heterocycles. The lowest BCUT2D eigenvalue weighted by Crippen LogP contribution is -2.37. The molecule has 1 heterocycles. The van der Waals surface area contributed by atoms with Crippen LogP contribution in [0.15, 0.2) is 41.3 Å². The zero-order valence-electron chi connectivity index (χ0n) is 21.8. The standard InChI is InChI=1S/C27H34BFN3O3/c1-16(2)27(7,8)35-28-21-10-9-11-23(20(21)15-34-17(3)30)32-25(33)24-18(14-31-32)12-19(13-22(24)29)26(4,5)6/h9-14,16,30H,15H2,1-8H3. The Bertz CT molecular complexity index is 1310. The molecule has 0 aliphatic heterocycles. The minimum absolute atomic E-state index is 0.0188. The van der Waals surface area contributed by atoms with E-state index in [2.05, 4.69) is 18.9 Å². The van der Waals surface area contributed by atoms with Crippen LogP contribution in [0.3, 0.4) is 0 Å². The van der Waals surface area contributed by atoms with Gasteiger partial charge in [-0.15, -0.1) is 0 Å². The van der Waals surface area contributed by atoms with Crippen molar-refractivity contribution in [2.45, 2.75) is 73.0 Å². The Morgan fingerprint density at radius 1 is 1.20 bits per heavy atom. The SMILES string of the molecule is CC(=N)OCc1c([B]OC(C)(C)C(C)C)cccc1-n1ncc2cc(C(C)(C)C)cc(F)c2c1=O. The Labute approximate surface area is 207 Å². The highest BCUT2D eigenvalue weighted by molar-refractivity contribution is 6.48. The number of ether oxygens (including phenoxy) is 1. The molecule has 0 fully saturated rings. The number of nitrogens with zero attached hydrogens (tertiary/aromatic N) is 2. The van der Waals surface area contributed by atoms with Gasteiger partial charge in [0.05, 0.1) is 17.3 Å².